The molecule has 0 aliphatic rings. The van der Waals surface area contributed by atoms with Crippen LogP contribution < -0.4 is 5.32 Å². The summed E-state index contributed by atoms with van der Waals surface area (Å²) in [6.07, 6.45) is 3.90. The number of guanidine groups is 1. The average Bonchev–Trinajstić information content (AvgIpc) is 3.18. The molecule has 144 valence electrons. The Kier molecular flexibility index (Phi) is 8.02. The summed E-state index contributed by atoms with van der Waals surface area (Å²) in [6, 6.07) is 19.7. The molecular weight excluding hydrogens is 463 g/mol. The normalized spacial score (nSPS) is 10.7. The second kappa shape index (κ2) is 10.5. The summed E-state index contributed by atoms with van der Waals surface area (Å²) < 4.78 is 1.87. The van der Waals surface area contributed by atoms with Crippen molar-refractivity contribution in [1.29, 1.82) is 5.26 Å². The van der Waals surface area contributed by atoms with Crippen molar-refractivity contribution in [3.63, 3.8) is 0 Å². The quantitative estimate of drug-likeness (QED) is 0.340. The van der Waals surface area contributed by atoms with Gasteiger partial charge in [-0.05, 0) is 29.8 Å². The molecule has 0 aliphatic heterocycles. The van der Waals surface area contributed by atoms with Crippen molar-refractivity contribution in [2.75, 3.05) is 14.1 Å². The summed E-state index contributed by atoms with van der Waals surface area (Å²) in [5.74, 6) is 0.798. The van der Waals surface area contributed by atoms with Crippen LogP contribution in [-0.4, -0.2) is 34.7 Å². The highest BCUT2D eigenvalue weighted by Crippen LogP contribution is 2.09. The van der Waals surface area contributed by atoms with Gasteiger partial charge in [-0.3, -0.25) is 4.99 Å². The van der Waals surface area contributed by atoms with Crippen molar-refractivity contribution in [3.8, 4) is 11.8 Å². The molecule has 0 amide bonds. The number of nitrogens with zero attached hydrogens (tertiary/aromatic N) is 5. The Morgan fingerprint density at radius 3 is 2.50 bits per heavy atom. The fraction of sp³-hybridized carbons (Fsp3) is 0.190. The number of benzene rings is 2. The minimum Gasteiger partial charge on any atom is -0.352 e. The zero-order valence-corrected chi connectivity index (χ0v) is 18.2. The van der Waals surface area contributed by atoms with E-state index in [2.05, 4.69) is 26.4 Å². The Morgan fingerprint density at radius 1 is 1.14 bits per heavy atom. The van der Waals surface area contributed by atoms with E-state index in [1.807, 2.05) is 78.7 Å². The predicted octanol–water partition coefficient (Wildman–Crippen LogP) is 3.57. The minimum absolute atomic E-state index is 0. The van der Waals surface area contributed by atoms with E-state index in [4.69, 9.17) is 5.26 Å². The lowest BCUT2D eigenvalue weighted by atomic mass is 10.1. The van der Waals surface area contributed by atoms with Crippen molar-refractivity contribution in [2.45, 2.75) is 13.1 Å². The Balaban J connectivity index is 0.00000280. The van der Waals surface area contributed by atoms with Gasteiger partial charge >= 0.3 is 0 Å². The van der Waals surface area contributed by atoms with Gasteiger partial charge in [0.1, 0.15) is 0 Å². The first kappa shape index (κ1) is 21.4. The van der Waals surface area contributed by atoms with Crippen molar-refractivity contribution in [2.24, 2.45) is 4.99 Å². The topological polar surface area (TPSA) is 69.2 Å². The lowest BCUT2D eigenvalue weighted by Crippen LogP contribution is -2.37. The molecule has 2 aromatic carbocycles. The molecule has 0 fully saturated rings. The second-order valence-corrected chi connectivity index (χ2v) is 6.19. The van der Waals surface area contributed by atoms with E-state index >= 15 is 0 Å². The molecule has 3 aromatic rings. The van der Waals surface area contributed by atoms with Gasteiger partial charge in [0.15, 0.2) is 5.96 Å². The Labute approximate surface area is 182 Å². The number of hydrogen-bond donors (Lipinski definition) is 1. The number of para-hydroxylation sites is 1. The SMILES string of the molecule is CN=C(NCc1ccc(C#N)cc1)N(C)Cc1cnn(-c2ccccc2)c1.I. The summed E-state index contributed by atoms with van der Waals surface area (Å²) in [7, 11) is 3.76. The molecule has 0 radical (unpaired) electrons. The van der Waals surface area contributed by atoms with E-state index in [1.165, 1.54) is 0 Å². The monoisotopic (exact) mass is 486 g/mol. The fourth-order valence-electron chi connectivity index (χ4n) is 2.78. The van der Waals surface area contributed by atoms with Crippen LogP contribution in [-0.2, 0) is 13.1 Å². The smallest absolute Gasteiger partial charge is 0.193 e. The highest BCUT2D eigenvalue weighted by molar-refractivity contribution is 14.0. The van der Waals surface area contributed by atoms with E-state index in [9.17, 15) is 0 Å². The van der Waals surface area contributed by atoms with Crippen LogP contribution in [0.2, 0.25) is 0 Å². The third-order valence-electron chi connectivity index (χ3n) is 4.18. The fourth-order valence-corrected chi connectivity index (χ4v) is 2.78. The number of hydrogen-bond acceptors (Lipinski definition) is 3. The van der Waals surface area contributed by atoms with Crippen LogP contribution in [0.4, 0.5) is 0 Å². The van der Waals surface area contributed by atoms with E-state index in [1.54, 1.807) is 7.05 Å². The maximum Gasteiger partial charge on any atom is 0.193 e. The van der Waals surface area contributed by atoms with Crippen LogP contribution in [0.1, 0.15) is 16.7 Å². The maximum absolute atomic E-state index is 8.87. The van der Waals surface area contributed by atoms with Crippen molar-refractivity contribution < 1.29 is 0 Å². The molecule has 0 saturated heterocycles. The second-order valence-electron chi connectivity index (χ2n) is 6.19. The van der Waals surface area contributed by atoms with E-state index < -0.39 is 0 Å². The van der Waals surface area contributed by atoms with Crippen LogP contribution in [0.25, 0.3) is 5.69 Å². The van der Waals surface area contributed by atoms with Gasteiger partial charge in [0.25, 0.3) is 0 Å². The maximum atomic E-state index is 8.87. The van der Waals surface area contributed by atoms with Crippen LogP contribution in [0.3, 0.4) is 0 Å². The molecule has 0 unspecified atom stereocenters. The highest BCUT2D eigenvalue weighted by atomic mass is 127. The molecule has 1 aromatic heterocycles. The molecule has 1 N–H and O–H groups in total. The predicted molar refractivity (Wildman–Crippen MR) is 122 cm³/mol. The lowest BCUT2D eigenvalue weighted by molar-refractivity contribution is 0.476. The van der Waals surface area contributed by atoms with Crippen LogP contribution in [0, 0.1) is 11.3 Å². The van der Waals surface area contributed by atoms with E-state index in [0.717, 1.165) is 22.8 Å². The number of nitriles is 1. The molecule has 7 heteroatoms. The summed E-state index contributed by atoms with van der Waals surface area (Å²) in [5.41, 5.74) is 3.90. The summed E-state index contributed by atoms with van der Waals surface area (Å²) in [6.45, 7) is 1.34. The molecular formula is C21H23IN6. The standard InChI is InChI=1S/C21H22N6.HI/c1-23-21(24-13-18-10-8-17(12-22)9-11-18)26(2)15-19-14-25-27(16-19)20-6-4-3-5-7-20;/h3-11,14,16H,13,15H2,1-2H3,(H,23,24);1H. The molecule has 0 bridgehead atoms. The van der Waals surface area contributed by atoms with Gasteiger partial charge in [-0.2, -0.15) is 10.4 Å². The van der Waals surface area contributed by atoms with Gasteiger partial charge in [0, 0.05) is 38.9 Å². The van der Waals surface area contributed by atoms with Gasteiger partial charge in [-0.25, -0.2) is 4.68 Å². The lowest BCUT2D eigenvalue weighted by Gasteiger charge is -2.21. The van der Waals surface area contributed by atoms with E-state index in [0.29, 0.717) is 18.7 Å². The van der Waals surface area contributed by atoms with Gasteiger partial charge in [0.05, 0.1) is 23.5 Å². The molecule has 0 atom stereocenters. The largest absolute Gasteiger partial charge is 0.352 e. The first-order valence-corrected chi connectivity index (χ1v) is 8.69. The number of rotatable bonds is 5. The summed E-state index contributed by atoms with van der Waals surface area (Å²) in [4.78, 5) is 6.40. The highest BCUT2D eigenvalue weighted by Gasteiger charge is 2.09. The Morgan fingerprint density at radius 2 is 1.86 bits per heavy atom. The van der Waals surface area contributed by atoms with Gasteiger partial charge in [-0.15, -0.1) is 24.0 Å². The third kappa shape index (κ3) is 5.57. The number of aliphatic imine (C=N–C) groups is 1. The summed E-state index contributed by atoms with van der Waals surface area (Å²) >= 11 is 0. The molecule has 28 heavy (non-hydrogen) atoms. The zero-order valence-electron chi connectivity index (χ0n) is 15.9. The number of aromatic nitrogens is 2. The number of halogens is 1. The number of nitrogens with one attached hydrogen (secondary N) is 1. The first-order chi connectivity index (χ1) is 13.2. The van der Waals surface area contributed by atoms with Crippen LogP contribution in [0.5, 0.6) is 0 Å². The molecule has 0 saturated carbocycles. The third-order valence-corrected chi connectivity index (χ3v) is 4.18. The Bertz CT molecular complexity index is 941. The van der Waals surface area contributed by atoms with E-state index in [-0.39, 0.29) is 24.0 Å². The molecule has 1 heterocycles. The van der Waals surface area contributed by atoms with Crippen molar-refractivity contribution >= 4 is 29.9 Å². The van der Waals surface area contributed by atoms with Crippen LogP contribution in [0.15, 0.2) is 72.0 Å². The zero-order chi connectivity index (χ0) is 19.1. The average molecular weight is 486 g/mol. The van der Waals surface area contributed by atoms with Crippen molar-refractivity contribution in [1.82, 2.24) is 20.0 Å². The van der Waals surface area contributed by atoms with Crippen LogP contribution >= 0.6 is 24.0 Å². The first-order valence-electron chi connectivity index (χ1n) is 8.69. The minimum atomic E-state index is 0. The molecule has 0 spiro atoms. The van der Waals surface area contributed by atoms with Crippen molar-refractivity contribution in [3.05, 3.63) is 83.7 Å². The van der Waals surface area contributed by atoms with Gasteiger partial charge in [-0.1, -0.05) is 30.3 Å². The molecule has 6 nitrogen and oxygen atoms in total. The Hall–Kier alpha value is -2.86. The summed E-state index contributed by atoms with van der Waals surface area (Å²) in [5, 5.41) is 16.7. The molecule has 0 aliphatic carbocycles. The van der Waals surface area contributed by atoms with Gasteiger partial charge in [0.2, 0.25) is 0 Å². The molecule has 3 rings (SSSR count). The van der Waals surface area contributed by atoms with Gasteiger partial charge < -0.3 is 10.2 Å².